The van der Waals surface area contributed by atoms with Crippen molar-refractivity contribution in [2.75, 3.05) is 31.2 Å². The topological polar surface area (TPSA) is 86.7 Å². The minimum atomic E-state index is -0.0655. The van der Waals surface area contributed by atoms with Crippen LogP contribution in [0.25, 0.3) is 16.6 Å². The maximum Gasteiger partial charge on any atom is 0.138 e. The van der Waals surface area contributed by atoms with Gasteiger partial charge in [-0.3, -0.25) is 0 Å². The summed E-state index contributed by atoms with van der Waals surface area (Å²) < 4.78 is 7.23. The fourth-order valence-electron chi connectivity index (χ4n) is 4.43. The van der Waals surface area contributed by atoms with Crippen LogP contribution in [0, 0.1) is 23.2 Å². The van der Waals surface area contributed by atoms with Gasteiger partial charge in [0, 0.05) is 30.4 Å². The molecular formula is C21H21N5O2. The zero-order valence-electron chi connectivity index (χ0n) is 15.5. The summed E-state index contributed by atoms with van der Waals surface area (Å²) in [6, 6.07) is 8.18. The molecule has 3 fully saturated rings. The number of anilines is 1. The lowest BCUT2D eigenvalue weighted by Gasteiger charge is -2.47. The van der Waals surface area contributed by atoms with Gasteiger partial charge in [0.25, 0.3) is 0 Å². The summed E-state index contributed by atoms with van der Waals surface area (Å²) in [6.07, 6.45) is 7.86. The van der Waals surface area contributed by atoms with E-state index in [0.717, 1.165) is 47.4 Å². The molecule has 3 aromatic rings. The van der Waals surface area contributed by atoms with Crippen molar-refractivity contribution in [3.05, 3.63) is 42.4 Å². The van der Waals surface area contributed by atoms with Gasteiger partial charge >= 0.3 is 0 Å². The van der Waals surface area contributed by atoms with Crippen LogP contribution in [0.2, 0.25) is 0 Å². The summed E-state index contributed by atoms with van der Waals surface area (Å²) in [5, 5.41) is 22.8. The predicted octanol–water partition coefficient (Wildman–Crippen LogP) is 2.49. The highest BCUT2D eigenvalue weighted by molar-refractivity contribution is 5.85. The lowest BCUT2D eigenvalue weighted by molar-refractivity contribution is 0.158. The Hall–Kier alpha value is -3.11. The summed E-state index contributed by atoms with van der Waals surface area (Å²) in [4.78, 5) is 7.08. The standard InChI is InChI=1S/C21H21N5O2/c22-8-17-10-24-26-13-18(28-4-3-27)7-19(21(17)26)16-1-2-20(23-9-16)25-11-14-5-15(6-14)12-25/h1-2,7,9-10,13-15,27H,3-6,11-12H2. The van der Waals surface area contributed by atoms with E-state index in [2.05, 4.69) is 22.1 Å². The minimum absolute atomic E-state index is 0.0655. The maximum atomic E-state index is 9.46. The Morgan fingerprint density at radius 2 is 2.04 bits per heavy atom. The molecule has 0 amide bonds. The number of nitrogens with zero attached hydrogens (tertiary/aromatic N) is 5. The van der Waals surface area contributed by atoms with Gasteiger partial charge in [-0.05, 0) is 42.9 Å². The fourth-order valence-corrected chi connectivity index (χ4v) is 4.43. The molecule has 3 aromatic heterocycles. The van der Waals surface area contributed by atoms with Gasteiger partial charge in [0.2, 0.25) is 0 Å². The number of piperidine rings is 2. The smallest absolute Gasteiger partial charge is 0.138 e. The highest BCUT2D eigenvalue weighted by Crippen LogP contribution is 2.41. The van der Waals surface area contributed by atoms with Crippen LogP contribution in [-0.4, -0.2) is 46.0 Å². The Bertz CT molecular complexity index is 1040. The number of nitriles is 1. The van der Waals surface area contributed by atoms with Crippen LogP contribution in [0.1, 0.15) is 18.4 Å². The molecule has 1 N–H and O–H groups in total. The first-order chi connectivity index (χ1) is 13.7. The number of aliphatic hydroxyl groups is 1. The molecular weight excluding hydrogens is 354 g/mol. The van der Waals surface area contributed by atoms with E-state index in [1.807, 2.05) is 18.3 Å². The first kappa shape index (κ1) is 17.0. The first-order valence-corrected chi connectivity index (χ1v) is 9.61. The minimum Gasteiger partial charge on any atom is -0.490 e. The normalized spacial score (nSPS) is 20.6. The molecule has 0 unspecified atom stereocenters. The number of rotatable bonds is 5. The van der Waals surface area contributed by atoms with Gasteiger partial charge in [0.05, 0.1) is 30.1 Å². The SMILES string of the molecule is N#Cc1cnn2cc(OCCO)cc(-c3ccc(N4CC5CC(C5)C4)nc3)c12. The van der Waals surface area contributed by atoms with Crippen LogP contribution in [0.4, 0.5) is 5.82 Å². The van der Waals surface area contributed by atoms with Gasteiger partial charge in [-0.2, -0.15) is 10.4 Å². The third kappa shape index (κ3) is 2.86. The molecule has 2 aliphatic heterocycles. The zero-order valence-corrected chi connectivity index (χ0v) is 15.5. The molecule has 7 nitrogen and oxygen atoms in total. The Morgan fingerprint density at radius 1 is 1.21 bits per heavy atom. The second-order valence-corrected chi connectivity index (χ2v) is 7.64. The van der Waals surface area contributed by atoms with Crippen LogP contribution < -0.4 is 9.64 Å². The van der Waals surface area contributed by atoms with Crippen molar-refractivity contribution in [2.45, 2.75) is 12.8 Å². The highest BCUT2D eigenvalue weighted by atomic mass is 16.5. The van der Waals surface area contributed by atoms with Crippen LogP contribution in [-0.2, 0) is 0 Å². The number of ether oxygens (including phenoxy) is 1. The first-order valence-electron chi connectivity index (χ1n) is 9.61. The van der Waals surface area contributed by atoms with Crippen LogP contribution in [0.3, 0.4) is 0 Å². The number of hydrogen-bond acceptors (Lipinski definition) is 6. The predicted molar refractivity (Wildman–Crippen MR) is 104 cm³/mol. The Morgan fingerprint density at radius 3 is 2.71 bits per heavy atom. The number of hydrogen-bond donors (Lipinski definition) is 1. The van der Waals surface area contributed by atoms with Crippen molar-refractivity contribution < 1.29 is 9.84 Å². The van der Waals surface area contributed by atoms with Gasteiger partial charge in [-0.15, -0.1) is 0 Å². The van der Waals surface area contributed by atoms with Crippen LogP contribution in [0.5, 0.6) is 5.75 Å². The fraction of sp³-hybridized carbons (Fsp3) is 0.381. The number of aromatic nitrogens is 3. The molecule has 142 valence electrons. The highest BCUT2D eigenvalue weighted by Gasteiger charge is 2.37. The van der Waals surface area contributed by atoms with E-state index in [1.165, 1.54) is 12.8 Å². The lowest BCUT2D eigenvalue weighted by atomic mass is 9.71. The summed E-state index contributed by atoms with van der Waals surface area (Å²) >= 11 is 0. The maximum absolute atomic E-state index is 9.46. The second-order valence-electron chi connectivity index (χ2n) is 7.64. The van der Waals surface area contributed by atoms with Gasteiger partial charge in [-0.1, -0.05) is 0 Å². The third-order valence-corrected chi connectivity index (χ3v) is 5.74. The summed E-state index contributed by atoms with van der Waals surface area (Å²) in [7, 11) is 0. The zero-order chi connectivity index (χ0) is 19.1. The Kier molecular flexibility index (Phi) is 4.14. The molecule has 0 radical (unpaired) electrons. The molecule has 2 saturated heterocycles. The third-order valence-electron chi connectivity index (χ3n) is 5.74. The molecule has 28 heavy (non-hydrogen) atoms. The van der Waals surface area contributed by atoms with Crippen molar-refractivity contribution in [3.8, 4) is 22.9 Å². The lowest BCUT2D eigenvalue weighted by Crippen LogP contribution is -2.48. The van der Waals surface area contributed by atoms with Crippen molar-refractivity contribution >= 4 is 11.3 Å². The van der Waals surface area contributed by atoms with Gasteiger partial charge in [-0.25, -0.2) is 9.50 Å². The van der Waals surface area contributed by atoms with E-state index in [1.54, 1.807) is 16.9 Å². The number of fused-ring (bicyclic) bond motifs is 3. The molecule has 0 atom stereocenters. The monoisotopic (exact) mass is 375 g/mol. The molecule has 0 spiro atoms. The van der Waals surface area contributed by atoms with Gasteiger partial charge in [0.1, 0.15) is 24.2 Å². The van der Waals surface area contributed by atoms with E-state index < -0.39 is 0 Å². The van der Waals surface area contributed by atoms with E-state index in [-0.39, 0.29) is 13.2 Å². The summed E-state index contributed by atoms with van der Waals surface area (Å²) in [6.45, 7) is 2.33. The van der Waals surface area contributed by atoms with E-state index >= 15 is 0 Å². The van der Waals surface area contributed by atoms with Crippen molar-refractivity contribution in [2.24, 2.45) is 11.8 Å². The van der Waals surface area contributed by atoms with E-state index in [0.29, 0.717) is 11.3 Å². The van der Waals surface area contributed by atoms with E-state index in [4.69, 9.17) is 14.8 Å². The summed E-state index contributed by atoms with van der Waals surface area (Å²) in [5.74, 6) is 3.25. The number of pyridine rings is 2. The molecule has 1 saturated carbocycles. The molecule has 3 aliphatic rings. The molecule has 7 heteroatoms. The van der Waals surface area contributed by atoms with E-state index in [9.17, 15) is 5.26 Å². The quantitative estimate of drug-likeness (QED) is 0.737. The Labute approximate surface area is 162 Å². The van der Waals surface area contributed by atoms with Crippen molar-refractivity contribution in [1.82, 2.24) is 14.6 Å². The molecule has 0 aromatic carbocycles. The largest absolute Gasteiger partial charge is 0.490 e. The van der Waals surface area contributed by atoms with Gasteiger partial charge < -0.3 is 14.7 Å². The van der Waals surface area contributed by atoms with Crippen molar-refractivity contribution in [1.29, 1.82) is 5.26 Å². The van der Waals surface area contributed by atoms with Crippen LogP contribution >= 0.6 is 0 Å². The summed E-state index contributed by atoms with van der Waals surface area (Å²) in [5.41, 5.74) is 2.98. The van der Waals surface area contributed by atoms with Crippen molar-refractivity contribution in [3.63, 3.8) is 0 Å². The molecule has 1 aliphatic carbocycles. The van der Waals surface area contributed by atoms with Gasteiger partial charge in [0.15, 0.2) is 0 Å². The van der Waals surface area contributed by atoms with Crippen LogP contribution in [0.15, 0.2) is 36.8 Å². The molecule has 2 bridgehead atoms. The second kappa shape index (κ2) is 6.80. The molecule has 5 heterocycles. The molecule has 6 rings (SSSR count). The number of aliphatic hydroxyl groups excluding tert-OH is 1. The average Bonchev–Trinajstić information content (AvgIpc) is 3.14. The Balaban J connectivity index is 1.52. The average molecular weight is 375 g/mol.